The Hall–Kier alpha value is -1.13. The van der Waals surface area contributed by atoms with E-state index >= 15 is 0 Å². The molecule has 0 aliphatic carbocycles. The van der Waals surface area contributed by atoms with Gasteiger partial charge < -0.3 is 4.74 Å². The largest absolute Gasteiger partial charge is 0.469 e. The maximum absolute atomic E-state index is 13.4. The Labute approximate surface area is 117 Å². The fourth-order valence-electron chi connectivity index (χ4n) is 2.47. The molecule has 0 aromatic heterocycles. The molecule has 104 valence electrons. The number of likely N-dealkylation sites (tertiary alicyclic amines) is 1. The Bertz CT molecular complexity index is 467. The second-order valence-corrected chi connectivity index (χ2v) is 5.19. The monoisotopic (exact) mass is 285 g/mol. The summed E-state index contributed by atoms with van der Waals surface area (Å²) in [5, 5.41) is 0.169. The van der Waals surface area contributed by atoms with Crippen LogP contribution in [0.15, 0.2) is 18.2 Å². The van der Waals surface area contributed by atoms with Crippen molar-refractivity contribution >= 4 is 17.6 Å². The highest BCUT2D eigenvalue weighted by Crippen LogP contribution is 2.24. The number of esters is 1. The van der Waals surface area contributed by atoms with Gasteiger partial charge in [0, 0.05) is 13.1 Å². The molecule has 0 N–H and O–H groups in total. The zero-order chi connectivity index (χ0) is 13.8. The van der Waals surface area contributed by atoms with Crippen LogP contribution in [0.5, 0.6) is 0 Å². The Morgan fingerprint density at radius 1 is 1.58 bits per heavy atom. The molecule has 0 saturated carbocycles. The molecule has 0 amide bonds. The highest BCUT2D eigenvalue weighted by molar-refractivity contribution is 6.31. The lowest BCUT2D eigenvalue weighted by molar-refractivity contribution is -0.147. The molecule has 0 spiro atoms. The second kappa shape index (κ2) is 6.35. The Morgan fingerprint density at radius 3 is 3.11 bits per heavy atom. The Balaban J connectivity index is 2.03. The highest BCUT2D eigenvalue weighted by Gasteiger charge is 2.26. The minimum atomic E-state index is -0.402. The van der Waals surface area contributed by atoms with Crippen molar-refractivity contribution in [2.75, 3.05) is 20.2 Å². The van der Waals surface area contributed by atoms with E-state index in [4.69, 9.17) is 16.3 Å². The molecular weight excluding hydrogens is 269 g/mol. The maximum atomic E-state index is 13.4. The van der Waals surface area contributed by atoms with Crippen LogP contribution >= 0.6 is 11.6 Å². The number of halogens is 2. The third kappa shape index (κ3) is 3.45. The van der Waals surface area contributed by atoms with Crippen LogP contribution in [0.2, 0.25) is 5.02 Å². The molecule has 1 aliphatic rings. The molecule has 19 heavy (non-hydrogen) atoms. The van der Waals surface area contributed by atoms with Crippen LogP contribution in [0, 0.1) is 11.7 Å². The first-order valence-corrected chi connectivity index (χ1v) is 6.72. The van der Waals surface area contributed by atoms with Gasteiger partial charge >= 0.3 is 5.97 Å². The van der Waals surface area contributed by atoms with Crippen LogP contribution in [0.25, 0.3) is 0 Å². The molecule has 0 unspecified atom stereocenters. The smallest absolute Gasteiger partial charge is 0.309 e. The summed E-state index contributed by atoms with van der Waals surface area (Å²) in [5.41, 5.74) is 0.757. The standard InChI is InChI=1S/C14H17ClFNO2/c1-19-14(18)11-5-3-7-17(9-11)8-10-4-2-6-12(16)13(10)15/h2,4,6,11H,3,5,7-9H2,1H3/t11-/m0/s1. The maximum Gasteiger partial charge on any atom is 0.309 e. The molecule has 0 radical (unpaired) electrons. The number of hydrogen-bond donors (Lipinski definition) is 0. The summed E-state index contributed by atoms with van der Waals surface area (Å²) < 4.78 is 18.1. The van der Waals surface area contributed by atoms with Crippen LogP contribution in [0.3, 0.4) is 0 Å². The van der Waals surface area contributed by atoms with Gasteiger partial charge in [0.05, 0.1) is 18.1 Å². The summed E-state index contributed by atoms with van der Waals surface area (Å²) in [7, 11) is 1.41. The van der Waals surface area contributed by atoms with E-state index < -0.39 is 5.82 Å². The van der Waals surface area contributed by atoms with E-state index in [0.29, 0.717) is 13.1 Å². The number of carbonyl (C=O) groups excluding carboxylic acids is 1. The van der Waals surface area contributed by atoms with Gasteiger partial charge in [0.25, 0.3) is 0 Å². The van der Waals surface area contributed by atoms with E-state index in [1.54, 1.807) is 6.07 Å². The van der Waals surface area contributed by atoms with Crippen LogP contribution in [0.4, 0.5) is 4.39 Å². The molecule has 3 nitrogen and oxygen atoms in total. The Morgan fingerprint density at radius 2 is 2.37 bits per heavy atom. The van der Waals surface area contributed by atoms with Crippen molar-refractivity contribution in [2.24, 2.45) is 5.92 Å². The van der Waals surface area contributed by atoms with Crippen LogP contribution in [-0.2, 0) is 16.1 Å². The number of carbonyl (C=O) groups is 1. The van der Waals surface area contributed by atoms with Gasteiger partial charge in [-0.3, -0.25) is 9.69 Å². The first-order valence-electron chi connectivity index (χ1n) is 6.35. The van der Waals surface area contributed by atoms with Crippen molar-refractivity contribution in [3.63, 3.8) is 0 Å². The second-order valence-electron chi connectivity index (χ2n) is 4.81. The number of nitrogens with zero attached hydrogens (tertiary/aromatic N) is 1. The molecule has 1 saturated heterocycles. The lowest BCUT2D eigenvalue weighted by atomic mass is 9.98. The van der Waals surface area contributed by atoms with Gasteiger partial charge in [-0.15, -0.1) is 0 Å². The van der Waals surface area contributed by atoms with Crippen LogP contribution in [0.1, 0.15) is 18.4 Å². The molecule has 1 aromatic rings. The predicted octanol–water partition coefficient (Wildman–Crippen LogP) is 2.86. The fourth-order valence-corrected chi connectivity index (χ4v) is 2.66. The Kier molecular flexibility index (Phi) is 4.77. The van der Waals surface area contributed by atoms with E-state index in [1.165, 1.54) is 13.2 Å². The molecule has 2 rings (SSSR count). The first kappa shape index (κ1) is 14.3. The van der Waals surface area contributed by atoms with E-state index in [0.717, 1.165) is 24.9 Å². The van der Waals surface area contributed by atoms with Crippen molar-refractivity contribution < 1.29 is 13.9 Å². The summed E-state index contributed by atoms with van der Waals surface area (Å²) in [6, 6.07) is 4.81. The fraction of sp³-hybridized carbons (Fsp3) is 0.500. The molecule has 1 aliphatic heterocycles. The number of hydrogen-bond acceptors (Lipinski definition) is 3. The van der Waals surface area contributed by atoms with Gasteiger partial charge in [0.15, 0.2) is 0 Å². The van der Waals surface area contributed by atoms with Crippen molar-refractivity contribution in [1.29, 1.82) is 0 Å². The van der Waals surface area contributed by atoms with E-state index in [9.17, 15) is 9.18 Å². The van der Waals surface area contributed by atoms with E-state index in [-0.39, 0.29) is 16.9 Å². The molecule has 0 bridgehead atoms. The normalized spacial score (nSPS) is 20.3. The molecular formula is C14H17ClFNO2. The van der Waals surface area contributed by atoms with Crippen LogP contribution < -0.4 is 0 Å². The summed E-state index contributed by atoms with van der Waals surface area (Å²) in [6.45, 7) is 2.09. The van der Waals surface area contributed by atoms with Gasteiger partial charge in [-0.25, -0.2) is 4.39 Å². The van der Waals surface area contributed by atoms with Crippen molar-refractivity contribution in [1.82, 2.24) is 4.90 Å². The number of rotatable bonds is 3. The molecule has 1 aromatic carbocycles. The summed E-state index contributed by atoms with van der Waals surface area (Å²) in [5.74, 6) is -0.665. The zero-order valence-corrected chi connectivity index (χ0v) is 11.6. The van der Waals surface area contributed by atoms with Gasteiger partial charge in [0.1, 0.15) is 5.82 Å². The minimum absolute atomic E-state index is 0.0916. The minimum Gasteiger partial charge on any atom is -0.469 e. The summed E-state index contributed by atoms with van der Waals surface area (Å²) in [6.07, 6.45) is 1.78. The highest BCUT2D eigenvalue weighted by atomic mass is 35.5. The number of benzene rings is 1. The van der Waals surface area contributed by atoms with Crippen molar-refractivity contribution in [3.8, 4) is 0 Å². The topological polar surface area (TPSA) is 29.5 Å². The third-order valence-electron chi connectivity index (χ3n) is 3.47. The SMILES string of the molecule is COC(=O)[C@H]1CCCN(Cc2cccc(F)c2Cl)C1. The van der Waals surface area contributed by atoms with Gasteiger partial charge in [0.2, 0.25) is 0 Å². The summed E-state index contributed by atoms with van der Waals surface area (Å²) in [4.78, 5) is 13.7. The number of methoxy groups -OCH3 is 1. The van der Waals surface area contributed by atoms with Crippen LogP contribution in [-0.4, -0.2) is 31.1 Å². The number of ether oxygens (including phenoxy) is 1. The van der Waals surface area contributed by atoms with Crippen molar-refractivity contribution in [3.05, 3.63) is 34.6 Å². The van der Waals surface area contributed by atoms with E-state index in [2.05, 4.69) is 4.90 Å². The average Bonchev–Trinajstić information content (AvgIpc) is 2.43. The van der Waals surface area contributed by atoms with Gasteiger partial charge in [-0.05, 0) is 31.0 Å². The molecule has 1 heterocycles. The predicted molar refractivity (Wildman–Crippen MR) is 71.4 cm³/mol. The molecule has 5 heteroatoms. The third-order valence-corrected chi connectivity index (χ3v) is 3.89. The van der Waals surface area contributed by atoms with Crippen molar-refractivity contribution in [2.45, 2.75) is 19.4 Å². The molecule has 1 atom stereocenters. The van der Waals surface area contributed by atoms with Gasteiger partial charge in [-0.2, -0.15) is 0 Å². The van der Waals surface area contributed by atoms with Gasteiger partial charge in [-0.1, -0.05) is 23.7 Å². The lowest BCUT2D eigenvalue weighted by Gasteiger charge is -2.31. The lowest BCUT2D eigenvalue weighted by Crippen LogP contribution is -2.38. The first-order chi connectivity index (χ1) is 9.11. The number of piperidine rings is 1. The molecule has 1 fully saturated rings. The average molecular weight is 286 g/mol. The zero-order valence-electron chi connectivity index (χ0n) is 10.9. The quantitative estimate of drug-likeness (QED) is 0.800. The van der Waals surface area contributed by atoms with E-state index in [1.807, 2.05) is 6.07 Å². The summed E-state index contributed by atoms with van der Waals surface area (Å²) >= 11 is 5.95.